The summed E-state index contributed by atoms with van der Waals surface area (Å²) >= 11 is 0. The van der Waals surface area contributed by atoms with E-state index in [4.69, 9.17) is 19.3 Å². The number of methoxy groups -OCH3 is 1. The van der Waals surface area contributed by atoms with Crippen molar-refractivity contribution in [1.29, 1.82) is 0 Å². The third kappa shape index (κ3) is 3.65. The molecule has 0 saturated carbocycles. The van der Waals surface area contributed by atoms with Gasteiger partial charge in [-0.25, -0.2) is 14.7 Å². The molecular formula is C31H35N5O6. The molecular weight excluding hydrogens is 538 g/mol. The van der Waals surface area contributed by atoms with Gasteiger partial charge in [0.05, 0.1) is 38.5 Å². The van der Waals surface area contributed by atoms with Crippen LogP contribution in [0.4, 0.5) is 17.1 Å². The van der Waals surface area contributed by atoms with Crippen LogP contribution in [0.3, 0.4) is 0 Å². The van der Waals surface area contributed by atoms with Gasteiger partial charge in [0.1, 0.15) is 11.4 Å². The van der Waals surface area contributed by atoms with Crippen molar-refractivity contribution in [2.24, 2.45) is 11.0 Å². The number of hydrogen-bond donors (Lipinski definition) is 0. The van der Waals surface area contributed by atoms with Gasteiger partial charge in [0.25, 0.3) is 5.91 Å². The minimum absolute atomic E-state index is 0.124. The van der Waals surface area contributed by atoms with Crippen molar-refractivity contribution in [3.63, 3.8) is 0 Å². The van der Waals surface area contributed by atoms with Gasteiger partial charge in [-0.3, -0.25) is 14.5 Å². The lowest BCUT2D eigenvalue weighted by Gasteiger charge is -2.54. The molecule has 3 unspecified atom stereocenters. The summed E-state index contributed by atoms with van der Waals surface area (Å²) in [5, 5.41) is 6.58. The fraction of sp³-hybridized carbons (Fsp3) is 0.484. The third-order valence-corrected chi connectivity index (χ3v) is 9.37. The fourth-order valence-electron chi connectivity index (χ4n) is 7.57. The van der Waals surface area contributed by atoms with Crippen LogP contribution in [-0.2, 0) is 23.9 Å². The number of esters is 1. The summed E-state index contributed by atoms with van der Waals surface area (Å²) in [6.07, 6.45) is 3.61. The Balaban J connectivity index is 1.35. The number of carbonyl (C=O) groups excluding carboxylic acids is 3. The molecule has 0 N–H and O–H groups in total. The lowest BCUT2D eigenvalue weighted by Crippen LogP contribution is -2.72. The largest absolute Gasteiger partial charge is 0.497 e. The first-order chi connectivity index (χ1) is 20.5. The molecule has 11 nitrogen and oxygen atoms in total. The molecule has 2 amide bonds. The van der Waals surface area contributed by atoms with Crippen LogP contribution in [0.15, 0.2) is 53.6 Å². The summed E-state index contributed by atoms with van der Waals surface area (Å²) in [5.41, 5.74) is 0.481. The maximum absolute atomic E-state index is 15.1. The zero-order valence-corrected chi connectivity index (χ0v) is 24.0. The molecule has 4 saturated heterocycles. The molecule has 11 heteroatoms. The van der Waals surface area contributed by atoms with Crippen molar-refractivity contribution in [3.8, 4) is 5.75 Å². The number of morpholine rings is 1. The number of rotatable bonds is 6. The van der Waals surface area contributed by atoms with Crippen molar-refractivity contribution in [2.75, 3.05) is 54.8 Å². The van der Waals surface area contributed by atoms with Gasteiger partial charge in [-0.1, -0.05) is 0 Å². The van der Waals surface area contributed by atoms with Crippen LogP contribution in [0.2, 0.25) is 0 Å². The minimum Gasteiger partial charge on any atom is -0.497 e. The third-order valence-electron chi connectivity index (χ3n) is 9.37. The molecule has 4 fully saturated rings. The maximum atomic E-state index is 15.1. The first-order valence-corrected chi connectivity index (χ1v) is 14.8. The first kappa shape index (κ1) is 26.9. The highest BCUT2D eigenvalue weighted by molar-refractivity contribution is 6.40. The quantitative estimate of drug-likeness (QED) is 0.486. The molecule has 42 heavy (non-hydrogen) atoms. The highest BCUT2D eigenvalue weighted by Gasteiger charge is 2.77. The lowest BCUT2D eigenvalue weighted by molar-refractivity contribution is -0.139. The van der Waals surface area contributed by atoms with E-state index in [0.29, 0.717) is 57.0 Å². The predicted molar refractivity (Wildman–Crippen MR) is 155 cm³/mol. The van der Waals surface area contributed by atoms with Crippen LogP contribution in [0.5, 0.6) is 5.75 Å². The molecule has 2 aromatic rings. The number of amides is 2. The first-order valence-electron chi connectivity index (χ1n) is 14.8. The number of hydrazone groups is 1. The average Bonchev–Trinajstić information content (AvgIpc) is 3.45. The predicted octanol–water partition coefficient (Wildman–Crippen LogP) is 3.13. The van der Waals surface area contributed by atoms with E-state index in [1.807, 2.05) is 58.3 Å². The Morgan fingerprint density at radius 2 is 1.76 bits per heavy atom. The maximum Gasteiger partial charge on any atom is 0.354 e. The molecule has 2 bridgehead atoms. The lowest BCUT2D eigenvalue weighted by atomic mass is 9.77. The molecule has 0 aliphatic carbocycles. The van der Waals surface area contributed by atoms with Gasteiger partial charge in [-0.2, -0.15) is 5.10 Å². The topological polar surface area (TPSA) is 104 Å². The second kappa shape index (κ2) is 10.1. The van der Waals surface area contributed by atoms with Crippen LogP contribution in [0, 0.1) is 5.92 Å². The van der Waals surface area contributed by atoms with Crippen molar-refractivity contribution >= 4 is 40.6 Å². The van der Waals surface area contributed by atoms with Gasteiger partial charge < -0.3 is 19.1 Å². The number of carbonyl (C=O) groups is 3. The molecule has 0 radical (unpaired) electrons. The molecule has 0 aromatic heterocycles. The van der Waals surface area contributed by atoms with Crippen LogP contribution in [-0.4, -0.2) is 79.7 Å². The Kier molecular flexibility index (Phi) is 6.47. The Hall–Kier alpha value is -3.96. The SMILES string of the molecule is CCOC(=O)C1=NN(c2ccc(OC)cc2)C23C(=O)N(c4ccc(N5CCCCC5=O)cc4)C4(CCC12)COCCN43. The van der Waals surface area contributed by atoms with Crippen molar-refractivity contribution < 1.29 is 28.6 Å². The molecule has 1 spiro atoms. The Bertz CT molecular complexity index is 1440. The zero-order chi connectivity index (χ0) is 29.1. The molecule has 5 heterocycles. The number of ether oxygens (including phenoxy) is 3. The van der Waals surface area contributed by atoms with Crippen LogP contribution >= 0.6 is 0 Å². The number of anilines is 3. The Labute approximate surface area is 244 Å². The molecule has 5 aliphatic rings. The van der Waals surface area contributed by atoms with Crippen LogP contribution < -0.4 is 19.5 Å². The van der Waals surface area contributed by atoms with E-state index < -0.39 is 23.2 Å². The van der Waals surface area contributed by atoms with Gasteiger partial charge in [-0.15, -0.1) is 0 Å². The standard InChI is InChI=1S/C31H35N5O6/c1-3-42-28(38)27-25-15-16-30-20-41-19-18-34(30)31(25,36(32-27)23-11-13-24(40-2)14-12-23)29(39)35(30)22-9-7-21(8-10-22)33-17-5-4-6-26(33)37/h7-14,25H,3-6,15-20H2,1-2H3. The van der Waals surface area contributed by atoms with E-state index in [-0.39, 0.29) is 24.1 Å². The van der Waals surface area contributed by atoms with Crippen molar-refractivity contribution in [1.82, 2.24) is 4.90 Å². The summed E-state index contributed by atoms with van der Waals surface area (Å²) < 4.78 is 16.9. The summed E-state index contributed by atoms with van der Waals surface area (Å²) in [7, 11) is 1.60. The van der Waals surface area contributed by atoms with E-state index in [1.165, 1.54) is 0 Å². The van der Waals surface area contributed by atoms with E-state index >= 15 is 4.79 Å². The summed E-state index contributed by atoms with van der Waals surface area (Å²) in [4.78, 5) is 46.8. The highest BCUT2D eigenvalue weighted by atomic mass is 16.5. The summed E-state index contributed by atoms with van der Waals surface area (Å²) in [6.45, 7) is 3.97. The van der Waals surface area contributed by atoms with Gasteiger partial charge in [0.15, 0.2) is 5.71 Å². The van der Waals surface area contributed by atoms with E-state index in [9.17, 15) is 9.59 Å². The van der Waals surface area contributed by atoms with Gasteiger partial charge >= 0.3 is 5.97 Å². The number of hydrogen-bond acceptors (Lipinski definition) is 9. The van der Waals surface area contributed by atoms with Gasteiger partial charge in [0.2, 0.25) is 11.6 Å². The van der Waals surface area contributed by atoms with Crippen molar-refractivity contribution in [3.05, 3.63) is 48.5 Å². The highest BCUT2D eigenvalue weighted by Crippen LogP contribution is 2.58. The smallest absolute Gasteiger partial charge is 0.354 e. The number of benzene rings is 2. The number of nitrogens with zero attached hydrogens (tertiary/aromatic N) is 5. The van der Waals surface area contributed by atoms with E-state index in [0.717, 1.165) is 24.2 Å². The van der Waals surface area contributed by atoms with E-state index in [1.54, 1.807) is 19.0 Å². The van der Waals surface area contributed by atoms with Crippen LogP contribution in [0.25, 0.3) is 0 Å². The van der Waals surface area contributed by atoms with Crippen molar-refractivity contribution in [2.45, 2.75) is 50.4 Å². The Morgan fingerprint density at radius 1 is 1.02 bits per heavy atom. The van der Waals surface area contributed by atoms with Crippen LogP contribution in [0.1, 0.15) is 39.0 Å². The summed E-state index contributed by atoms with van der Waals surface area (Å²) in [6, 6.07) is 15.1. The summed E-state index contributed by atoms with van der Waals surface area (Å²) in [5.74, 6) is -0.346. The second-order valence-corrected chi connectivity index (χ2v) is 11.4. The van der Waals surface area contributed by atoms with Gasteiger partial charge in [0, 0.05) is 30.9 Å². The van der Waals surface area contributed by atoms with Gasteiger partial charge in [-0.05, 0) is 81.1 Å². The average molecular weight is 574 g/mol. The molecule has 5 aliphatic heterocycles. The monoisotopic (exact) mass is 573 g/mol. The zero-order valence-electron chi connectivity index (χ0n) is 24.0. The van der Waals surface area contributed by atoms with E-state index in [2.05, 4.69) is 4.90 Å². The molecule has 2 aromatic carbocycles. The molecule has 220 valence electrons. The number of piperidine rings is 2. The minimum atomic E-state index is -1.26. The Morgan fingerprint density at radius 3 is 2.48 bits per heavy atom. The molecule has 3 atom stereocenters. The second-order valence-electron chi connectivity index (χ2n) is 11.4. The fourth-order valence-corrected chi connectivity index (χ4v) is 7.57. The molecule has 7 rings (SSSR count). The normalized spacial score (nSPS) is 28.9.